The summed E-state index contributed by atoms with van der Waals surface area (Å²) in [4.78, 5) is 6.45. The predicted molar refractivity (Wildman–Crippen MR) is 70.6 cm³/mol. The van der Waals surface area contributed by atoms with E-state index in [-0.39, 0.29) is 23.3 Å². The molecule has 0 aliphatic rings. The molecule has 2 aromatic rings. The lowest BCUT2D eigenvalue weighted by molar-refractivity contribution is -0.144. The molecule has 112 valence electrons. The van der Waals surface area contributed by atoms with E-state index in [0.717, 1.165) is 0 Å². The van der Waals surface area contributed by atoms with E-state index < -0.39 is 12.0 Å². The molecule has 8 heteroatoms. The molecule has 0 saturated carbocycles. The van der Waals surface area contributed by atoms with Crippen molar-refractivity contribution in [2.24, 2.45) is 0 Å². The largest absolute Gasteiger partial charge is 0.451 e. The summed E-state index contributed by atoms with van der Waals surface area (Å²) in [6, 6.07) is 7.34. The molecule has 0 bridgehead atoms. The van der Waals surface area contributed by atoms with Gasteiger partial charge >= 0.3 is 6.18 Å². The molecular weight excluding hydrogens is 310 g/mol. The normalized spacial score (nSPS) is 11.5. The van der Waals surface area contributed by atoms with Gasteiger partial charge < -0.3 is 5.32 Å². The van der Waals surface area contributed by atoms with E-state index in [1.807, 2.05) is 0 Å². The number of nitrogens with zero attached hydrogens (tertiary/aromatic N) is 2. The molecule has 0 spiro atoms. The average Bonchev–Trinajstić information content (AvgIpc) is 2.39. The van der Waals surface area contributed by atoms with Crippen LogP contribution in [0.3, 0.4) is 0 Å². The molecule has 0 radical (unpaired) electrons. The van der Waals surface area contributed by atoms with Crippen molar-refractivity contribution in [1.82, 2.24) is 9.97 Å². The number of rotatable bonds is 4. The van der Waals surface area contributed by atoms with Gasteiger partial charge in [-0.15, -0.1) is 0 Å². The number of hydrogen-bond donors (Lipinski definition) is 1. The fourth-order valence-corrected chi connectivity index (χ4v) is 1.84. The van der Waals surface area contributed by atoms with Gasteiger partial charge in [0.05, 0.1) is 0 Å². The Labute approximate surface area is 123 Å². The summed E-state index contributed by atoms with van der Waals surface area (Å²) in [6.45, 7) is 0.214. The molecule has 1 aromatic heterocycles. The van der Waals surface area contributed by atoms with Crippen LogP contribution in [0, 0.1) is 5.82 Å². The number of benzene rings is 1. The zero-order chi connectivity index (χ0) is 15.5. The zero-order valence-corrected chi connectivity index (χ0v) is 11.3. The third-order valence-corrected chi connectivity index (χ3v) is 2.80. The molecule has 0 aliphatic heterocycles. The minimum atomic E-state index is -4.67. The van der Waals surface area contributed by atoms with Gasteiger partial charge in [0.25, 0.3) is 0 Å². The van der Waals surface area contributed by atoms with Gasteiger partial charge in [0.2, 0.25) is 5.82 Å². The predicted octanol–water partition coefficient (Wildman–Crippen LogP) is 3.94. The Morgan fingerprint density at radius 3 is 2.52 bits per heavy atom. The molecule has 0 saturated heterocycles. The Morgan fingerprint density at radius 1 is 1.14 bits per heavy atom. The minimum absolute atomic E-state index is 0.0568. The van der Waals surface area contributed by atoms with Crippen LogP contribution < -0.4 is 5.32 Å². The number of hydrogen-bond acceptors (Lipinski definition) is 3. The van der Waals surface area contributed by atoms with Gasteiger partial charge in [-0.05, 0) is 18.1 Å². The number of nitrogens with one attached hydrogen (secondary N) is 1. The lowest BCUT2D eigenvalue weighted by Gasteiger charge is -2.10. The topological polar surface area (TPSA) is 37.8 Å². The second kappa shape index (κ2) is 6.26. The molecule has 2 rings (SSSR count). The van der Waals surface area contributed by atoms with Crippen LogP contribution in [0.5, 0.6) is 0 Å². The molecule has 0 amide bonds. The van der Waals surface area contributed by atoms with Crippen LogP contribution in [-0.2, 0) is 12.6 Å². The second-order valence-corrected chi connectivity index (χ2v) is 4.55. The number of anilines is 1. The van der Waals surface area contributed by atoms with E-state index in [0.29, 0.717) is 12.0 Å². The van der Waals surface area contributed by atoms with Gasteiger partial charge in [-0.2, -0.15) is 13.2 Å². The van der Waals surface area contributed by atoms with Crippen molar-refractivity contribution < 1.29 is 17.6 Å². The van der Waals surface area contributed by atoms with Crippen molar-refractivity contribution in [2.45, 2.75) is 12.6 Å². The maximum Gasteiger partial charge on any atom is 0.451 e. The Hall–Kier alpha value is -1.89. The molecule has 1 aromatic carbocycles. The van der Waals surface area contributed by atoms with Crippen molar-refractivity contribution in [3.05, 3.63) is 52.7 Å². The van der Waals surface area contributed by atoms with Gasteiger partial charge in [-0.1, -0.05) is 29.8 Å². The summed E-state index contributed by atoms with van der Waals surface area (Å²) in [5, 5.41) is 2.36. The maximum absolute atomic E-state index is 13.4. The SMILES string of the molecule is Fc1ccccc1CCNc1cc(Cl)nc(C(F)(F)F)n1. The molecule has 1 heterocycles. The highest BCUT2D eigenvalue weighted by Gasteiger charge is 2.35. The molecule has 1 N–H and O–H groups in total. The van der Waals surface area contributed by atoms with Crippen LogP contribution in [-0.4, -0.2) is 16.5 Å². The van der Waals surface area contributed by atoms with Crippen LogP contribution in [0.25, 0.3) is 0 Å². The molecule has 0 atom stereocenters. The van der Waals surface area contributed by atoms with Crippen molar-refractivity contribution in [2.75, 3.05) is 11.9 Å². The Balaban J connectivity index is 2.04. The second-order valence-electron chi connectivity index (χ2n) is 4.17. The van der Waals surface area contributed by atoms with Crippen molar-refractivity contribution in [3.8, 4) is 0 Å². The van der Waals surface area contributed by atoms with Gasteiger partial charge in [0, 0.05) is 12.6 Å². The lowest BCUT2D eigenvalue weighted by atomic mass is 10.1. The molecule has 3 nitrogen and oxygen atoms in total. The third-order valence-electron chi connectivity index (χ3n) is 2.61. The molecule has 0 fully saturated rings. The zero-order valence-electron chi connectivity index (χ0n) is 10.6. The molecule has 21 heavy (non-hydrogen) atoms. The quantitative estimate of drug-likeness (QED) is 0.685. The van der Waals surface area contributed by atoms with E-state index >= 15 is 0 Å². The van der Waals surface area contributed by atoms with Gasteiger partial charge in [-0.25, -0.2) is 14.4 Å². The minimum Gasteiger partial charge on any atom is -0.370 e. The van der Waals surface area contributed by atoms with E-state index in [1.54, 1.807) is 18.2 Å². The van der Waals surface area contributed by atoms with E-state index in [2.05, 4.69) is 15.3 Å². The maximum atomic E-state index is 13.4. The highest BCUT2D eigenvalue weighted by Crippen LogP contribution is 2.28. The summed E-state index contributed by atoms with van der Waals surface area (Å²) >= 11 is 5.53. The number of alkyl halides is 3. The van der Waals surface area contributed by atoms with Gasteiger partial charge in [-0.3, -0.25) is 0 Å². The number of aromatic nitrogens is 2. The highest BCUT2D eigenvalue weighted by molar-refractivity contribution is 6.29. The van der Waals surface area contributed by atoms with Crippen molar-refractivity contribution in [3.63, 3.8) is 0 Å². The van der Waals surface area contributed by atoms with E-state index in [9.17, 15) is 17.6 Å². The first kappa shape index (κ1) is 15.5. The first-order valence-corrected chi connectivity index (χ1v) is 6.33. The summed E-state index contributed by atoms with van der Waals surface area (Å²) in [5.41, 5.74) is 0.459. The Kier molecular flexibility index (Phi) is 4.62. The lowest BCUT2D eigenvalue weighted by Crippen LogP contribution is -2.14. The van der Waals surface area contributed by atoms with Crippen molar-refractivity contribution >= 4 is 17.4 Å². The molecule has 0 unspecified atom stereocenters. The fraction of sp³-hybridized carbons (Fsp3) is 0.231. The third kappa shape index (κ3) is 4.29. The fourth-order valence-electron chi connectivity index (χ4n) is 1.66. The first-order chi connectivity index (χ1) is 9.86. The summed E-state index contributed by atoms with van der Waals surface area (Å²) in [7, 11) is 0. The Morgan fingerprint density at radius 2 is 1.86 bits per heavy atom. The van der Waals surface area contributed by atoms with Crippen LogP contribution >= 0.6 is 11.6 Å². The highest BCUT2D eigenvalue weighted by atomic mass is 35.5. The van der Waals surface area contributed by atoms with Crippen LogP contribution in [0.15, 0.2) is 30.3 Å². The number of halogens is 5. The first-order valence-electron chi connectivity index (χ1n) is 5.95. The summed E-state index contributed by atoms with van der Waals surface area (Å²) in [6.07, 6.45) is -4.37. The monoisotopic (exact) mass is 319 g/mol. The van der Waals surface area contributed by atoms with E-state index in [4.69, 9.17) is 11.6 Å². The Bertz CT molecular complexity index is 631. The molecular formula is C13H10ClF4N3. The van der Waals surface area contributed by atoms with Crippen LogP contribution in [0.1, 0.15) is 11.4 Å². The summed E-state index contributed by atoms with van der Waals surface area (Å²) in [5.74, 6) is -1.74. The standard InChI is InChI=1S/C13H10ClF4N3/c14-10-7-11(21-12(20-10)13(16,17)18)19-6-5-8-3-1-2-4-9(8)15/h1-4,7H,5-6H2,(H,19,20,21). The average molecular weight is 320 g/mol. The van der Waals surface area contributed by atoms with Gasteiger partial charge in [0.15, 0.2) is 0 Å². The van der Waals surface area contributed by atoms with E-state index in [1.165, 1.54) is 12.1 Å². The van der Waals surface area contributed by atoms with Gasteiger partial charge in [0.1, 0.15) is 16.8 Å². The summed E-state index contributed by atoms with van der Waals surface area (Å²) < 4.78 is 51.0. The van der Waals surface area contributed by atoms with Crippen molar-refractivity contribution in [1.29, 1.82) is 0 Å². The van der Waals surface area contributed by atoms with Crippen LogP contribution in [0.2, 0.25) is 5.15 Å². The smallest absolute Gasteiger partial charge is 0.370 e. The molecule has 0 aliphatic carbocycles. The van der Waals surface area contributed by atoms with Crippen LogP contribution in [0.4, 0.5) is 23.4 Å².